The Morgan fingerprint density at radius 3 is 2.13 bits per heavy atom. The summed E-state index contributed by atoms with van der Waals surface area (Å²) in [5.41, 5.74) is -1.77. The van der Waals surface area contributed by atoms with E-state index in [4.69, 9.17) is 4.74 Å². The molecule has 0 unspecified atom stereocenters. The van der Waals surface area contributed by atoms with E-state index < -0.39 is 42.1 Å². The first-order valence-electron chi connectivity index (χ1n) is 8.19. The van der Waals surface area contributed by atoms with Gasteiger partial charge < -0.3 is 15.2 Å². The van der Waals surface area contributed by atoms with Crippen molar-refractivity contribution in [1.82, 2.24) is 15.0 Å². The summed E-state index contributed by atoms with van der Waals surface area (Å²) in [7, 11) is 0. The first kappa shape index (κ1) is 21.1. The second kappa shape index (κ2) is 8.05. The highest BCUT2D eigenvalue weighted by Crippen LogP contribution is 2.32. The van der Waals surface area contributed by atoms with E-state index in [0.717, 1.165) is 30.3 Å². The van der Waals surface area contributed by atoms with E-state index in [9.17, 15) is 31.4 Å². The molecule has 0 atom stereocenters. The molecule has 0 aliphatic rings. The van der Waals surface area contributed by atoms with Crippen molar-refractivity contribution < 1.29 is 36.2 Å². The third-order valence-corrected chi connectivity index (χ3v) is 3.75. The minimum absolute atomic E-state index is 0.168. The van der Waals surface area contributed by atoms with Crippen molar-refractivity contribution in [2.24, 2.45) is 0 Å². The molecule has 0 spiro atoms. The van der Waals surface area contributed by atoms with E-state index >= 15 is 0 Å². The third kappa shape index (κ3) is 5.27. The molecule has 2 N–H and O–H groups in total. The molecule has 12 heteroatoms. The normalized spacial score (nSPS) is 11.9. The maximum absolute atomic E-state index is 13.0. The lowest BCUT2D eigenvalue weighted by Gasteiger charge is -2.13. The molecule has 1 aromatic heterocycles. The van der Waals surface area contributed by atoms with Gasteiger partial charge in [0.25, 0.3) is 0 Å². The van der Waals surface area contributed by atoms with Crippen LogP contribution < -0.4 is 10.1 Å². The summed E-state index contributed by atoms with van der Waals surface area (Å²) in [6.07, 6.45) is -9.09. The topological polar surface area (TPSA) is 80.2 Å². The number of hydrogen-bond acceptors (Lipinski definition) is 6. The number of hydrogen-bond donors (Lipinski definition) is 2. The van der Waals surface area contributed by atoms with Crippen molar-refractivity contribution in [1.29, 1.82) is 0 Å². The molecule has 1 heterocycles. The fraction of sp³-hybridized carbons (Fsp3) is 0.167. The lowest BCUT2D eigenvalue weighted by atomic mass is 10.1. The summed E-state index contributed by atoms with van der Waals surface area (Å²) in [5.74, 6) is -0.277. The van der Waals surface area contributed by atoms with Crippen molar-refractivity contribution in [3.8, 4) is 12.0 Å². The molecule has 3 aromatic rings. The smallest absolute Gasteiger partial charge is 0.416 e. The molecule has 0 aliphatic carbocycles. The van der Waals surface area contributed by atoms with Gasteiger partial charge in [-0.15, -0.1) is 4.98 Å². The van der Waals surface area contributed by atoms with Gasteiger partial charge in [0.2, 0.25) is 5.95 Å². The average molecular weight is 430 g/mol. The Balaban J connectivity index is 1.75. The Morgan fingerprint density at radius 1 is 0.833 bits per heavy atom. The van der Waals surface area contributed by atoms with Crippen molar-refractivity contribution in [3.05, 3.63) is 65.2 Å². The predicted octanol–water partition coefficient (Wildman–Crippen LogP) is 4.94. The van der Waals surface area contributed by atoms with Gasteiger partial charge in [-0.2, -0.15) is 36.3 Å². The van der Waals surface area contributed by atoms with Gasteiger partial charge in [0.05, 0.1) is 11.1 Å². The zero-order chi connectivity index (χ0) is 21.9. The lowest BCUT2D eigenvalue weighted by Crippen LogP contribution is -2.11. The monoisotopic (exact) mass is 430 g/mol. The van der Waals surface area contributed by atoms with Crippen LogP contribution in [-0.2, 0) is 19.0 Å². The number of rotatable bonds is 5. The van der Waals surface area contributed by atoms with Crippen LogP contribution in [0.5, 0.6) is 12.0 Å². The van der Waals surface area contributed by atoms with Gasteiger partial charge in [-0.1, -0.05) is 18.2 Å². The molecule has 0 saturated carbocycles. The number of ether oxygens (including phenoxy) is 1. The fourth-order valence-electron chi connectivity index (χ4n) is 2.40. The number of aromatic hydroxyl groups is 1. The van der Waals surface area contributed by atoms with Crippen LogP contribution in [0.2, 0.25) is 0 Å². The van der Waals surface area contributed by atoms with Gasteiger partial charge in [-0.25, -0.2) is 0 Å². The third-order valence-electron chi connectivity index (χ3n) is 3.75. The molecule has 0 saturated heterocycles. The molecular weight excluding hydrogens is 418 g/mol. The summed E-state index contributed by atoms with van der Waals surface area (Å²) < 4.78 is 82.0. The van der Waals surface area contributed by atoms with Crippen molar-refractivity contribution in [2.45, 2.75) is 19.0 Å². The standard InChI is InChI=1S/C18H12F6N4O2/c19-17(20,21)11-5-7-12(8-6-11)25-14-26-15(29)28-16(27-14)30-9-10-3-1-2-4-13(10)18(22,23)24/h1-8H,9H2,(H2,25,26,27,28,29). The van der Waals surface area contributed by atoms with E-state index in [-0.39, 0.29) is 17.2 Å². The summed E-state index contributed by atoms with van der Waals surface area (Å²) in [4.78, 5) is 10.8. The highest BCUT2D eigenvalue weighted by molar-refractivity contribution is 5.54. The molecule has 6 nitrogen and oxygen atoms in total. The molecule has 0 fully saturated rings. The Bertz CT molecular complexity index is 1020. The van der Waals surface area contributed by atoms with Crippen LogP contribution in [0.3, 0.4) is 0 Å². The number of nitrogens with zero attached hydrogens (tertiary/aromatic N) is 3. The molecule has 0 amide bonds. The summed E-state index contributed by atoms with van der Waals surface area (Å²) >= 11 is 0. The highest BCUT2D eigenvalue weighted by Gasteiger charge is 2.33. The Morgan fingerprint density at radius 2 is 1.50 bits per heavy atom. The minimum atomic E-state index is -4.59. The largest absolute Gasteiger partial charge is 0.479 e. The van der Waals surface area contributed by atoms with E-state index in [2.05, 4.69) is 20.3 Å². The first-order chi connectivity index (χ1) is 14.0. The minimum Gasteiger partial charge on any atom is -0.479 e. The Labute approximate surface area is 165 Å². The van der Waals surface area contributed by atoms with Crippen LogP contribution in [-0.4, -0.2) is 20.1 Å². The highest BCUT2D eigenvalue weighted by atomic mass is 19.4. The first-order valence-corrected chi connectivity index (χ1v) is 8.19. The maximum atomic E-state index is 13.0. The van der Waals surface area contributed by atoms with Crippen LogP contribution in [0.4, 0.5) is 38.0 Å². The van der Waals surface area contributed by atoms with Crippen LogP contribution in [0.15, 0.2) is 48.5 Å². The van der Waals surface area contributed by atoms with Gasteiger partial charge in [-0.05, 0) is 30.3 Å². The zero-order valence-electron chi connectivity index (χ0n) is 14.8. The van der Waals surface area contributed by atoms with Crippen LogP contribution in [0.1, 0.15) is 16.7 Å². The number of nitrogens with one attached hydrogen (secondary N) is 1. The van der Waals surface area contributed by atoms with E-state index in [0.29, 0.717) is 0 Å². The van der Waals surface area contributed by atoms with Gasteiger partial charge >= 0.3 is 24.4 Å². The molecule has 0 bridgehead atoms. The summed E-state index contributed by atoms with van der Waals surface area (Å²) in [5, 5.41) is 12.1. The number of alkyl halides is 6. The van der Waals surface area contributed by atoms with Crippen molar-refractivity contribution >= 4 is 11.6 Å². The SMILES string of the molecule is Oc1nc(Nc2ccc(C(F)(F)F)cc2)nc(OCc2ccccc2C(F)(F)F)n1. The van der Waals surface area contributed by atoms with E-state index in [1.54, 1.807) is 0 Å². The van der Waals surface area contributed by atoms with Crippen LogP contribution >= 0.6 is 0 Å². The Kier molecular flexibility index (Phi) is 5.67. The van der Waals surface area contributed by atoms with Gasteiger partial charge in [0.15, 0.2) is 0 Å². The number of halogens is 6. The molecule has 158 valence electrons. The summed E-state index contributed by atoms with van der Waals surface area (Å²) in [6.45, 7) is -0.543. The maximum Gasteiger partial charge on any atom is 0.416 e. The average Bonchev–Trinajstić information content (AvgIpc) is 2.65. The lowest BCUT2D eigenvalue weighted by molar-refractivity contribution is -0.139. The van der Waals surface area contributed by atoms with Crippen LogP contribution in [0, 0.1) is 0 Å². The Hall–Kier alpha value is -3.57. The second-order valence-electron chi connectivity index (χ2n) is 5.89. The van der Waals surface area contributed by atoms with Gasteiger partial charge in [0, 0.05) is 11.3 Å². The van der Waals surface area contributed by atoms with E-state index in [1.165, 1.54) is 18.2 Å². The fourth-order valence-corrected chi connectivity index (χ4v) is 2.40. The second-order valence-corrected chi connectivity index (χ2v) is 5.89. The number of benzene rings is 2. The van der Waals surface area contributed by atoms with Crippen molar-refractivity contribution in [2.75, 3.05) is 5.32 Å². The van der Waals surface area contributed by atoms with Gasteiger partial charge in [-0.3, -0.25) is 0 Å². The molecular formula is C18H12F6N4O2. The summed E-state index contributed by atoms with van der Waals surface area (Å²) in [6, 6.07) is 7.35. The molecule has 2 aromatic carbocycles. The number of anilines is 2. The van der Waals surface area contributed by atoms with Gasteiger partial charge in [0.1, 0.15) is 6.61 Å². The van der Waals surface area contributed by atoms with Crippen LogP contribution in [0.25, 0.3) is 0 Å². The van der Waals surface area contributed by atoms with Crippen molar-refractivity contribution in [3.63, 3.8) is 0 Å². The molecule has 0 aliphatic heterocycles. The zero-order valence-corrected chi connectivity index (χ0v) is 14.8. The quantitative estimate of drug-likeness (QED) is 0.559. The predicted molar refractivity (Wildman–Crippen MR) is 92.0 cm³/mol. The molecule has 0 radical (unpaired) electrons. The number of aromatic nitrogens is 3. The molecule has 30 heavy (non-hydrogen) atoms. The molecule has 3 rings (SSSR count). The van der Waals surface area contributed by atoms with E-state index in [1.807, 2.05) is 0 Å².